The fourth-order valence-corrected chi connectivity index (χ4v) is 4.37. The van der Waals surface area contributed by atoms with E-state index in [2.05, 4.69) is 23.2 Å². The van der Waals surface area contributed by atoms with Gasteiger partial charge in [0.2, 0.25) is 5.88 Å². The van der Waals surface area contributed by atoms with Crippen molar-refractivity contribution >= 4 is 22.8 Å². The third-order valence-electron chi connectivity index (χ3n) is 5.48. The van der Waals surface area contributed by atoms with Crippen LogP contribution >= 0.6 is 11.6 Å². The van der Waals surface area contributed by atoms with Crippen LogP contribution in [0.2, 0.25) is 5.15 Å². The number of nitrogens with zero attached hydrogens (tertiary/aromatic N) is 4. The molecule has 0 radical (unpaired) electrons. The monoisotopic (exact) mass is 416 g/mol. The van der Waals surface area contributed by atoms with E-state index >= 15 is 0 Å². The molecule has 1 aliphatic carbocycles. The molecule has 0 saturated heterocycles. The minimum atomic E-state index is 0.379. The topological polar surface area (TPSA) is 52.3 Å². The molecule has 3 heterocycles. The molecular weight excluding hydrogens is 396 g/mol. The van der Waals surface area contributed by atoms with Gasteiger partial charge in [0.25, 0.3) is 0 Å². The minimum Gasteiger partial charge on any atom is -0.480 e. The van der Waals surface area contributed by atoms with E-state index in [0.717, 1.165) is 47.3 Å². The molecule has 0 spiro atoms. The van der Waals surface area contributed by atoms with Gasteiger partial charge >= 0.3 is 0 Å². The summed E-state index contributed by atoms with van der Waals surface area (Å²) in [5.41, 5.74) is 6.50. The predicted octanol–water partition coefficient (Wildman–Crippen LogP) is 6.08. The molecular formula is C24H21ClN4O. The van der Waals surface area contributed by atoms with Crippen LogP contribution in [0.25, 0.3) is 33.6 Å². The van der Waals surface area contributed by atoms with E-state index in [9.17, 15) is 0 Å². The van der Waals surface area contributed by atoms with Gasteiger partial charge in [-0.2, -0.15) is 9.61 Å². The van der Waals surface area contributed by atoms with Crippen LogP contribution in [0.3, 0.4) is 0 Å². The average Bonchev–Trinajstić information content (AvgIpc) is 3.19. The molecule has 0 fully saturated rings. The molecule has 150 valence electrons. The van der Waals surface area contributed by atoms with E-state index in [4.69, 9.17) is 26.4 Å². The Morgan fingerprint density at radius 3 is 2.53 bits per heavy atom. The van der Waals surface area contributed by atoms with Crippen molar-refractivity contribution in [3.8, 4) is 28.3 Å². The first-order valence-electron chi connectivity index (χ1n) is 10.1. The maximum atomic E-state index is 6.71. The van der Waals surface area contributed by atoms with Crippen LogP contribution in [0.5, 0.6) is 5.88 Å². The first-order chi connectivity index (χ1) is 14.8. The van der Waals surface area contributed by atoms with Crippen molar-refractivity contribution in [1.29, 1.82) is 0 Å². The first kappa shape index (κ1) is 18.8. The number of ether oxygens (including phenoxy) is 1. The molecule has 0 unspecified atom stereocenters. The Balaban J connectivity index is 1.85. The summed E-state index contributed by atoms with van der Waals surface area (Å²) in [5.74, 6) is 0.554. The number of pyridine rings is 1. The van der Waals surface area contributed by atoms with Gasteiger partial charge in [-0.15, -0.1) is 0 Å². The summed E-state index contributed by atoms with van der Waals surface area (Å²) in [4.78, 5) is 9.02. The van der Waals surface area contributed by atoms with Crippen LogP contribution < -0.4 is 4.74 Å². The molecule has 6 heteroatoms. The summed E-state index contributed by atoms with van der Waals surface area (Å²) in [7, 11) is 1.63. The smallest absolute Gasteiger partial charge is 0.227 e. The van der Waals surface area contributed by atoms with Crippen molar-refractivity contribution in [3.05, 3.63) is 71.7 Å². The maximum absolute atomic E-state index is 6.71. The maximum Gasteiger partial charge on any atom is 0.227 e. The largest absolute Gasteiger partial charge is 0.480 e. The summed E-state index contributed by atoms with van der Waals surface area (Å²) in [6, 6.07) is 14.0. The zero-order valence-corrected chi connectivity index (χ0v) is 17.4. The van der Waals surface area contributed by atoms with Gasteiger partial charge in [-0.3, -0.25) is 4.98 Å². The zero-order valence-electron chi connectivity index (χ0n) is 16.7. The lowest BCUT2D eigenvalue weighted by Crippen LogP contribution is -2.02. The zero-order chi connectivity index (χ0) is 20.5. The van der Waals surface area contributed by atoms with Crippen molar-refractivity contribution in [2.75, 3.05) is 7.11 Å². The number of methoxy groups -OCH3 is 1. The lowest BCUT2D eigenvalue weighted by molar-refractivity contribution is 0.387. The highest BCUT2D eigenvalue weighted by atomic mass is 35.5. The third-order valence-corrected chi connectivity index (χ3v) is 5.75. The van der Waals surface area contributed by atoms with E-state index in [1.54, 1.807) is 24.0 Å². The molecule has 4 aromatic rings. The number of halogens is 1. The van der Waals surface area contributed by atoms with Crippen LogP contribution in [-0.4, -0.2) is 26.7 Å². The molecule has 1 aromatic carbocycles. The van der Waals surface area contributed by atoms with Gasteiger partial charge in [0, 0.05) is 23.5 Å². The Morgan fingerprint density at radius 2 is 1.83 bits per heavy atom. The number of allylic oxidation sites excluding steroid dienone is 2. The molecule has 1 aliphatic rings. The molecule has 0 atom stereocenters. The van der Waals surface area contributed by atoms with Gasteiger partial charge in [-0.25, -0.2) is 4.98 Å². The Morgan fingerprint density at radius 1 is 1.00 bits per heavy atom. The SMILES string of the molecule is COc1c(-c2cccnc2)c(Cl)nc2c(C3=CCCCC3)c(-c3ccccc3)nn12. The predicted molar refractivity (Wildman–Crippen MR) is 120 cm³/mol. The molecule has 5 rings (SSSR count). The molecule has 3 aromatic heterocycles. The second kappa shape index (κ2) is 7.92. The van der Waals surface area contributed by atoms with E-state index in [1.165, 1.54) is 12.0 Å². The Labute approximate surface area is 180 Å². The van der Waals surface area contributed by atoms with Crippen molar-refractivity contribution in [2.24, 2.45) is 0 Å². The van der Waals surface area contributed by atoms with Crippen LogP contribution in [0.15, 0.2) is 60.9 Å². The van der Waals surface area contributed by atoms with E-state index in [0.29, 0.717) is 16.6 Å². The number of rotatable bonds is 4. The van der Waals surface area contributed by atoms with Gasteiger partial charge in [-0.1, -0.05) is 54.1 Å². The Bertz CT molecular complexity index is 1230. The second-order valence-electron chi connectivity index (χ2n) is 7.33. The number of benzene rings is 1. The van der Waals surface area contributed by atoms with Gasteiger partial charge in [0.15, 0.2) is 5.65 Å². The fraction of sp³-hybridized carbons (Fsp3) is 0.208. The van der Waals surface area contributed by atoms with Crippen LogP contribution in [0.4, 0.5) is 0 Å². The van der Waals surface area contributed by atoms with E-state index < -0.39 is 0 Å². The summed E-state index contributed by atoms with van der Waals surface area (Å²) < 4.78 is 7.59. The highest BCUT2D eigenvalue weighted by molar-refractivity contribution is 6.32. The molecule has 0 saturated carbocycles. The van der Waals surface area contributed by atoms with Crippen LogP contribution in [-0.2, 0) is 0 Å². The average molecular weight is 417 g/mol. The normalized spacial score (nSPS) is 14.0. The highest BCUT2D eigenvalue weighted by Gasteiger charge is 2.25. The molecule has 0 aliphatic heterocycles. The summed E-state index contributed by atoms with van der Waals surface area (Å²) >= 11 is 6.71. The standard InChI is InChI=1S/C24H21ClN4O/c1-30-24-20(18-13-8-14-26-15-18)22(25)27-23-19(16-9-4-2-5-10-16)21(28-29(23)24)17-11-6-3-7-12-17/h3,6-9,11-15H,2,4-5,10H2,1H3. The van der Waals surface area contributed by atoms with Gasteiger partial charge in [-0.05, 0) is 37.3 Å². The van der Waals surface area contributed by atoms with Gasteiger partial charge < -0.3 is 4.74 Å². The van der Waals surface area contributed by atoms with Crippen molar-refractivity contribution in [3.63, 3.8) is 0 Å². The van der Waals surface area contributed by atoms with E-state index in [1.807, 2.05) is 30.3 Å². The fourth-order valence-electron chi connectivity index (χ4n) is 4.10. The quantitative estimate of drug-likeness (QED) is 0.378. The molecule has 5 nitrogen and oxygen atoms in total. The van der Waals surface area contributed by atoms with Crippen LogP contribution in [0.1, 0.15) is 31.2 Å². The molecule has 0 N–H and O–H groups in total. The van der Waals surface area contributed by atoms with Crippen LogP contribution in [0, 0.1) is 0 Å². The lowest BCUT2D eigenvalue weighted by Gasteiger charge is -2.14. The summed E-state index contributed by atoms with van der Waals surface area (Å²) in [6.45, 7) is 0. The number of hydrogen-bond donors (Lipinski definition) is 0. The second-order valence-corrected chi connectivity index (χ2v) is 7.69. The van der Waals surface area contributed by atoms with Crippen molar-refractivity contribution < 1.29 is 4.74 Å². The summed E-state index contributed by atoms with van der Waals surface area (Å²) in [6.07, 6.45) is 10.2. The molecule has 0 bridgehead atoms. The molecule has 0 amide bonds. The Kier molecular flexibility index (Phi) is 4.97. The lowest BCUT2D eigenvalue weighted by atomic mass is 9.92. The van der Waals surface area contributed by atoms with E-state index in [-0.39, 0.29) is 0 Å². The highest BCUT2D eigenvalue weighted by Crippen LogP contribution is 2.41. The van der Waals surface area contributed by atoms with Gasteiger partial charge in [0.1, 0.15) is 10.8 Å². The van der Waals surface area contributed by atoms with Gasteiger partial charge in [0.05, 0.1) is 18.2 Å². The first-order valence-corrected chi connectivity index (χ1v) is 10.5. The minimum absolute atomic E-state index is 0.379. The number of fused-ring (bicyclic) bond motifs is 1. The number of aromatic nitrogens is 4. The van der Waals surface area contributed by atoms with Crippen molar-refractivity contribution in [2.45, 2.75) is 25.7 Å². The summed E-state index contributed by atoms with van der Waals surface area (Å²) in [5, 5.41) is 5.34. The van der Waals surface area contributed by atoms with Crippen molar-refractivity contribution in [1.82, 2.24) is 19.6 Å². The number of hydrogen-bond acceptors (Lipinski definition) is 4. The third kappa shape index (κ3) is 3.15. The Hall–Kier alpha value is -3.18. The molecule has 30 heavy (non-hydrogen) atoms.